The van der Waals surface area contributed by atoms with Crippen LogP contribution in [0.25, 0.3) is 11.4 Å². The van der Waals surface area contributed by atoms with Crippen LogP contribution >= 0.6 is 0 Å². The van der Waals surface area contributed by atoms with Gasteiger partial charge in [-0.2, -0.15) is 0 Å². The summed E-state index contributed by atoms with van der Waals surface area (Å²) in [6.45, 7) is 3.31. The fraction of sp³-hybridized carbons (Fsp3) is 0.357. The largest absolute Gasteiger partial charge is 0.298 e. The Hall–Kier alpha value is -1.81. The molecule has 0 radical (unpaired) electrons. The molecule has 3 heterocycles. The predicted octanol–water partition coefficient (Wildman–Crippen LogP) is 2.13. The summed E-state index contributed by atoms with van der Waals surface area (Å²) in [7, 11) is 0. The topological polar surface area (TPSA) is 41.9 Å². The second-order valence-electron chi connectivity index (χ2n) is 4.59. The highest BCUT2D eigenvalue weighted by Gasteiger charge is 2.12. The lowest BCUT2D eigenvalue weighted by atomic mass is 10.2. The molecular formula is C14H16N4. The lowest BCUT2D eigenvalue weighted by Gasteiger charge is -2.13. The van der Waals surface area contributed by atoms with E-state index in [4.69, 9.17) is 0 Å². The van der Waals surface area contributed by atoms with Crippen LogP contribution in [0.15, 0.2) is 36.8 Å². The number of aromatic nitrogens is 3. The molecule has 0 aliphatic carbocycles. The molecule has 3 rings (SSSR count). The summed E-state index contributed by atoms with van der Waals surface area (Å²) in [5.41, 5.74) is 2.12. The number of likely N-dealkylation sites (tertiary alicyclic amines) is 1. The molecule has 1 saturated heterocycles. The number of nitrogens with zero attached hydrogens (tertiary/aromatic N) is 4. The molecule has 0 atom stereocenters. The minimum atomic E-state index is 0.786. The summed E-state index contributed by atoms with van der Waals surface area (Å²) in [4.78, 5) is 15.4. The number of rotatable bonds is 3. The van der Waals surface area contributed by atoms with E-state index in [1.54, 1.807) is 12.4 Å². The zero-order chi connectivity index (χ0) is 12.2. The molecule has 0 bridgehead atoms. The fourth-order valence-electron chi connectivity index (χ4n) is 2.29. The van der Waals surface area contributed by atoms with Crippen molar-refractivity contribution < 1.29 is 0 Å². The first kappa shape index (κ1) is 11.3. The van der Waals surface area contributed by atoms with Gasteiger partial charge in [0.25, 0.3) is 0 Å². The molecule has 4 heteroatoms. The van der Waals surface area contributed by atoms with E-state index in [1.807, 2.05) is 24.4 Å². The van der Waals surface area contributed by atoms with Crippen molar-refractivity contribution in [2.24, 2.45) is 0 Å². The SMILES string of the molecule is c1cc(-c2nccc(CN3CCCC3)n2)ccn1. The van der Waals surface area contributed by atoms with Gasteiger partial charge in [0.15, 0.2) is 5.82 Å². The molecular weight excluding hydrogens is 224 g/mol. The second kappa shape index (κ2) is 5.23. The fourth-order valence-corrected chi connectivity index (χ4v) is 2.29. The van der Waals surface area contributed by atoms with Crippen molar-refractivity contribution in [3.05, 3.63) is 42.5 Å². The molecule has 1 aliphatic rings. The van der Waals surface area contributed by atoms with Crippen LogP contribution in [-0.2, 0) is 6.54 Å². The van der Waals surface area contributed by atoms with Crippen LogP contribution in [0, 0.1) is 0 Å². The molecule has 0 spiro atoms. The average Bonchev–Trinajstić information content (AvgIpc) is 2.93. The molecule has 2 aromatic heterocycles. The van der Waals surface area contributed by atoms with Gasteiger partial charge >= 0.3 is 0 Å². The smallest absolute Gasteiger partial charge is 0.159 e. The number of hydrogen-bond donors (Lipinski definition) is 0. The van der Waals surface area contributed by atoms with Crippen LogP contribution in [0.3, 0.4) is 0 Å². The van der Waals surface area contributed by atoms with E-state index in [0.29, 0.717) is 0 Å². The highest BCUT2D eigenvalue weighted by atomic mass is 15.1. The Kier molecular flexibility index (Phi) is 3.28. The van der Waals surface area contributed by atoms with Crippen LogP contribution < -0.4 is 0 Å². The summed E-state index contributed by atoms with van der Waals surface area (Å²) < 4.78 is 0. The maximum absolute atomic E-state index is 4.63. The van der Waals surface area contributed by atoms with Gasteiger partial charge in [0.05, 0.1) is 5.69 Å². The first-order chi connectivity index (χ1) is 8.92. The quantitative estimate of drug-likeness (QED) is 0.824. The van der Waals surface area contributed by atoms with Gasteiger partial charge in [-0.15, -0.1) is 0 Å². The molecule has 0 aromatic carbocycles. The Labute approximate surface area is 107 Å². The van der Waals surface area contributed by atoms with Gasteiger partial charge in [-0.05, 0) is 44.1 Å². The van der Waals surface area contributed by atoms with Crippen molar-refractivity contribution in [3.8, 4) is 11.4 Å². The molecule has 2 aromatic rings. The Morgan fingerprint density at radius 1 is 1.00 bits per heavy atom. The minimum absolute atomic E-state index is 0.786. The van der Waals surface area contributed by atoms with E-state index >= 15 is 0 Å². The van der Waals surface area contributed by atoms with E-state index in [0.717, 1.165) is 23.6 Å². The molecule has 4 nitrogen and oxygen atoms in total. The number of hydrogen-bond acceptors (Lipinski definition) is 4. The highest BCUT2D eigenvalue weighted by molar-refractivity contribution is 5.53. The van der Waals surface area contributed by atoms with Gasteiger partial charge in [-0.1, -0.05) is 0 Å². The summed E-state index contributed by atoms with van der Waals surface area (Å²) in [5.74, 6) is 0.786. The Balaban J connectivity index is 1.80. The lowest BCUT2D eigenvalue weighted by Crippen LogP contribution is -2.19. The van der Waals surface area contributed by atoms with Crippen molar-refractivity contribution >= 4 is 0 Å². The third-order valence-corrected chi connectivity index (χ3v) is 3.24. The normalized spacial score (nSPS) is 16.0. The lowest BCUT2D eigenvalue weighted by molar-refractivity contribution is 0.327. The van der Waals surface area contributed by atoms with E-state index in [1.165, 1.54) is 25.9 Å². The Morgan fingerprint density at radius 2 is 1.78 bits per heavy atom. The summed E-state index contributed by atoms with van der Waals surface area (Å²) in [6.07, 6.45) is 8.00. The molecule has 0 N–H and O–H groups in total. The average molecular weight is 240 g/mol. The summed E-state index contributed by atoms with van der Waals surface area (Å²) >= 11 is 0. The predicted molar refractivity (Wildman–Crippen MR) is 69.8 cm³/mol. The van der Waals surface area contributed by atoms with Gasteiger partial charge in [0.2, 0.25) is 0 Å². The number of pyridine rings is 1. The van der Waals surface area contributed by atoms with Gasteiger partial charge in [0.1, 0.15) is 0 Å². The van der Waals surface area contributed by atoms with Crippen molar-refractivity contribution in [2.75, 3.05) is 13.1 Å². The summed E-state index contributed by atoms with van der Waals surface area (Å²) in [6, 6.07) is 5.88. The van der Waals surface area contributed by atoms with E-state index < -0.39 is 0 Å². The van der Waals surface area contributed by atoms with Crippen LogP contribution in [0.5, 0.6) is 0 Å². The third kappa shape index (κ3) is 2.54. The van der Waals surface area contributed by atoms with Gasteiger partial charge in [-0.3, -0.25) is 9.88 Å². The van der Waals surface area contributed by atoms with Gasteiger partial charge in [-0.25, -0.2) is 9.97 Å². The Bertz CT molecular complexity index is 506. The Morgan fingerprint density at radius 3 is 2.56 bits per heavy atom. The first-order valence-corrected chi connectivity index (χ1v) is 6.36. The maximum Gasteiger partial charge on any atom is 0.159 e. The van der Waals surface area contributed by atoms with E-state index in [-0.39, 0.29) is 0 Å². The standard InChI is InChI=1S/C14H16N4/c1-2-10-18(9-1)11-13-5-8-16-14(17-13)12-3-6-15-7-4-12/h3-8H,1-2,9-11H2. The first-order valence-electron chi connectivity index (χ1n) is 6.36. The van der Waals surface area contributed by atoms with Gasteiger partial charge in [0, 0.05) is 30.7 Å². The van der Waals surface area contributed by atoms with E-state index in [9.17, 15) is 0 Å². The van der Waals surface area contributed by atoms with Crippen molar-refractivity contribution in [1.29, 1.82) is 0 Å². The van der Waals surface area contributed by atoms with Crippen molar-refractivity contribution in [1.82, 2.24) is 19.9 Å². The molecule has 1 aliphatic heterocycles. The third-order valence-electron chi connectivity index (χ3n) is 3.24. The molecule has 92 valence electrons. The van der Waals surface area contributed by atoms with Crippen LogP contribution in [0.1, 0.15) is 18.5 Å². The zero-order valence-corrected chi connectivity index (χ0v) is 10.3. The molecule has 18 heavy (non-hydrogen) atoms. The molecule has 1 fully saturated rings. The van der Waals surface area contributed by atoms with Crippen molar-refractivity contribution in [2.45, 2.75) is 19.4 Å². The maximum atomic E-state index is 4.63. The second-order valence-corrected chi connectivity index (χ2v) is 4.59. The molecule has 0 saturated carbocycles. The summed E-state index contributed by atoms with van der Waals surface area (Å²) in [5, 5.41) is 0. The minimum Gasteiger partial charge on any atom is -0.298 e. The molecule has 0 unspecified atom stereocenters. The zero-order valence-electron chi connectivity index (χ0n) is 10.3. The van der Waals surface area contributed by atoms with Gasteiger partial charge < -0.3 is 0 Å². The van der Waals surface area contributed by atoms with E-state index in [2.05, 4.69) is 19.9 Å². The highest BCUT2D eigenvalue weighted by Crippen LogP contribution is 2.15. The van der Waals surface area contributed by atoms with Crippen molar-refractivity contribution in [3.63, 3.8) is 0 Å². The van der Waals surface area contributed by atoms with Crippen LogP contribution in [0.4, 0.5) is 0 Å². The van der Waals surface area contributed by atoms with Crippen LogP contribution in [-0.4, -0.2) is 32.9 Å². The van der Waals surface area contributed by atoms with Crippen LogP contribution in [0.2, 0.25) is 0 Å². The molecule has 0 amide bonds. The monoisotopic (exact) mass is 240 g/mol.